The molecule has 1 fully saturated rings. The lowest BCUT2D eigenvalue weighted by Gasteiger charge is -2.47. The average molecular weight is 489 g/mol. The number of nitriles is 1. The standard InChI is InChI=1S/C22H21N3O3.C2HF3O2/c23-11-13-2-1-3-14(8-13)15-4-6-19-17(9-15)22(12-27-21(24)25-22)18-10-16(26)5-7-20(18)28-19;3-2(4,5)1(6)7/h1-4,6,8-9,16,18,20,26H,5,7,10,12H2,(H2,24,25);(H,6,7)/t16-,18-,20-,22?;/m0./s1. The van der Waals surface area contributed by atoms with Crippen LogP contribution in [-0.2, 0) is 15.1 Å². The summed E-state index contributed by atoms with van der Waals surface area (Å²) in [6.07, 6.45) is -3.34. The number of rotatable bonds is 1. The van der Waals surface area contributed by atoms with Gasteiger partial charge < -0.3 is 25.4 Å². The Hall–Kier alpha value is -3.78. The number of aliphatic imine (C=N–C) groups is 1. The molecule has 3 aliphatic rings. The second-order valence-corrected chi connectivity index (χ2v) is 8.60. The fraction of sp³-hybridized carbons (Fsp3) is 0.375. The molecule has 35 heavy (non-hydrogen) atoms. The lowest BCUT2D eigenvalue weighted by atomic mass is 9.67. The van der Waals surface area contributed by atoms with E-state index < -0.39 is 17.7 Å². The minimum atomic E-state index is -5.08. The van der Waals surface area contributed by atoms with E-state index in [0.717, 1.165) is 35.3 Å². The minimum absolute atomic E-state index is 0.00509. The molecule has 2 aromatic carbocycles. The van der Waals surface area contributed by atoms with Gasteiger partial charge >= 0.3 is 12.1 Å². The van der Waals surface area contributed by atoms with Crippen LogP contribution in [0.4, 0.5) is 13.2 Å². The Morgan fingerprint density at radius 2 is 1.91 bits per heavy atom. The van der Waals surface area contributed by atoms with Crippen molar-refractivity contribution < 1.29 is 37.7 Å². The molecule has 11 heteroatoms. The first-order chi connectivity index (χ1) is 16.5. The SMILES string of the molecule is N#Cc1cccc(-c2ccc3c(c2)C2(COC(N)=N2)[C@H]2C[C@@H](O)CC[C@@H]2O3)c1.O=C(O)C(F)(F)F. The van der Waals surface area contributed by atoms with Crippen LogP contribution in [-0.4, -0.2) is 47.2 Å². The first kappa shape index (κ1) is 24.3. The second-order valence-electron chi connectivity index (χ2n) is 8.60. The van der Waals surface area contributed by atoms with Gasteiger partial charge in [0.25, 0.3) is 6.02 Å². The molecule has 4 N–H and O–H groups in total. The minimum Gasteiger partial charge on any atom is -0.490 e. The molecule has 1 unspecified atom stereocenters. The summed E-state index contributed by atoms with van der Waals surface area (Å²) in [5.41, 5.74) is 8.77. The van der Waals surface area contributed by atoms with Gasteiger partial charge in [-0.25, -0.2) is 9.79 Å². The number of alkyl halides is 3. The number of amidine groups is 1. The number of carbonyl (C=O) groups is 1. The number of nitrogens with zero attached hydrogens (tertiary/aromatic N) is 2. The third-order valence-corrected chi connectivity index (χ3v) is 6.41. The Morgan fingerprint density at radius 1 is 1.20 bits per heavy atom. The number of carboxylic acid groups (broad SMARTS) is 1. The van der Waals surface area contributed by atoms with E-state index >= 15 is 0 Å². The quantitative estimate of drug-likeness (QED) is 0.559. The van der Waals surface area contributed by atoms with Crippen molar-refractivity contribution in [2.45, 2.75) is 43.2 Å². The van der Waals surface area contributed by atoms with Crippen LogP contribution >= 0.6 is 0 Å². The van der Waals surface area contributed by atoms with Crippen molar-refractivity contribution in [1.29, 1.82) is 5.26 Å². The molecule has 0 saturated heterocycles. The number of benzene rings is 2. The summed E-state index contributed by atoms with van der Waals surface area (Å²) >= 11 is 0. The third kappa shape index (κ3) is 4.74. The van der Waals surface area contributed by atoms with Crippen LogP contribution in [0, 0.1) is 17.2 Å². The fourth-order valence-electron chi connectivity index (χ4n) is 4.82. The van der Waals surface area contributed by atoms with E-state index in [1.807, 2.05) is 30.3 Å². The van der Waals surface area contributed by atoms with Crippen molar-refractivity contribution in [3.8, 4) is 22.9 Å². The van der Waals surface area contributed by atoms with E-state index in [1.165, 1.54) is 0 Å². The Kier molecular flexibility index (Phi) is 6.34. The highest BCUT2D eigenvalue weighted by atomic mass is 19.4. The lowest BCUT2D eigenvalue weighted by Crippen LogP contribution is -2.51. The number of fused-ring (bicyclic) bond motifs is 4. The van der Waals surface area contributed by atoms with Gasteiger partial charge in [-0.05, 0) is 54.7 Å². The van der Waals surface area contributed by atoms with E-state index in [-0.39, 0.29) is 24.1 Å². The molecule has 0 radical (unpaired) electrons. The first-order valence-electron chi connectivity index (χ1n) is 10.8. The molecule has 1 saturated carbocycles. The summed E-state index contributed by atoms with van der Waals surface area (Å²) in [5.74, 6) is -1.96. The van der Waals surface area contributed by atoms with Gasteiger partial charge in [0.05, 0.1) is 17.7 Å². The highest BCUT2D eigenvalue weighted by Gasteiger charge is 2.55. The van der Waals surface area contributed by atoms with Gasteiger partial charge in [-0.3, -0.25) is 0 Å². The number of halogens is 3. The van der Waals surface area contributed by atoms with Gasteiger partial charge in [0.1, 0.15) is 24.0 Å². The largest absolute Gasteiger partial charge is 0.490 e. The molecule has 8 nitrogen and oxygen atoms in total. The second kappa shape index (κ2) is 9.11. The molecule has 0 bridgehead atoms. The van der Waals surface area contributed by atoms with Crippen LogP contribution < -0.4 is 10.5 Å². The maximum Gasteiger partial charge on any atom is 0.490 e. The lowest BCUT2D eigenvalue weighted by molar-refractivity contribution is -0.192. The molecule has 184 valence electrons. The summed E-state index contributed by atoms with van der Waals surface area (Å²) in [7, 11) is 0. The van der Waals surface area contributed by atoms with Crippen molar-refractivity contribution in [1.82, 2.24) is 0 Å². The topological polar surface area (TPSA) is 138 Å². The number of hydrogen-bond acceptors (Lipinski definition) is 7. The van der Waals surface area contributed by atoms with E-state index in [9.17, 15) is 23.5 Å². The van der Waals surface area contributed by atoms with Crippen LogP contribution in [0.15, 0.2) is 47.5 Å². The highest BCUT2D eigenvalue weighted by molar-refractivity contribution is 5.76. The maximum absolute atomic E-state index is 10.6. The van der Waals surface area contributed by atoms with Crippen LogP contribution in [0.3, 0.4) is 0 Å². The van der Waals surface area contributed by atoms with Crippen molar-refractivity contribution in [2.24, 2.45) is 16.6 Å². The van der Waals surface area contributed by atoms with Gasteiger partial charge in [0.15, 0.2) is 0 Å². The molecule has 0 aromatic heterocycles. The Morgan fingerprint density at radius 3 is 2.54 bits per heavy atom. The number of nitrogens with two attached hydrogens (primary N) is 1. The third-order valence-electron chi connectivity index (χ3n) is 6.41. The van der Waals surface area contributed by atoms with Crippen LogP contribution in [0.1, 0.15) is 30.4 Å². The summed E-state index contributed by atoms with van der Waals surface area (Å²) in [6, 6.07) is 15.9. The van der Waals surface area contributed by atoms with Crippen molar-refractivity contribution in [3.63, 3.8) is 0 Å². The molecule has 1 spiro atoms. The fourth-order valence-corrected chi connectivity index (χ4v) is 4.82. The van der Waals surface area contributed by atoms with E-state index in [4.69, 9.17) is 30.1 Å². The van der Waals surface area contributed by atoms with E-state index in [1.54, 1.807) is 6.07 Å². The van der Waals surface area contributed by atoms with Gasteiger partial charge in [0.2, 0.25) is 0 Å². The molecule has 5 rings (SSSR count). The van der Waals surface area contributed by atoms with Crippen LogP contribution in [0.2, 0.25) is 0 Å². The maximum atomic E-state index is 10.6. The highest BCUT2D eigenvalue weighted by Crippen LogP contribution is 2.53. The molecule has 0 amide bonds. The normalized spacial score (nSPS) is 26.6. The Bertz CT molecular complexity index is 1210. The predicted molar refractivity (Wildman–Crippen MR) is 117 cm³/mol. The van der Waals surface area contributed by atoms with Gasteiger partial charge in [-0.1, -0.05) is 18.2 Å². The number of carboxylic acids is 1. The average Bonchev–Trinajstić information content (AvgIpc) is 3.21. The summed E-state index contributed by atoms with van der Waals surface area (Å²) in [6.45, 7) is 0.352. The summed E-state index contributed by atoms with van der Waals surface area (Å²) in [5, 5.41) is 26.6. The number of aliphatic carboxylic acids is 1. The van der Waals surface area contributed by atoms with Gasteiger partial charge in [0, 0.05) is 11.5 Å². The number of ether oxygens (including phenoxy) is 2. The van der Waals surface area contributed by atoms with Gasteiger partial charge in [-0.2, -0.15) is 18.4 Å². The monoisotopic (exact) mass is 489 g/mol. The summed E-state index contributed by atoms with van der Waals surface area (Å²) < 4.78 is 43.7. The Labute approximate surface area is 198 Å². The Balaban J connectivity index is 0.000000364. The molecule has 2 aliphatic heterocycles. The molecule has 4 atom stereocenters. The zero-order valence-corrected chi connectivity index (χ0v) is 18.3. The van der Waals surface area contributed by atoms with Gasteiger partial charge in [-0.15, -0.1) is 0 Å². The molecular weight excluding hydrogens is 467 g/mol. The van der Waals surface area contributed by atoms with E-state index in [2.05, 4.69) is 12.1 Å². The first-order valence-corrected chi connectivity index (χ1v) is 10.8. The number of hydrogen-bond donors (Lipinski definition) is 3. The zero-order valence-electron chi connectivity index (χ0n) is 18.3. The van der Waals surface area contributed by atoms with Crippen molar-refractivity contribution in [2.75, 3.05) is 6.61 Å². The van der Waals surface area contributed by atoms with Crippen molar-refractivity contribution >= 4 is 12.0 Å². The molecule has 2 heterocycles. The van der Waals surface area contributed by atoms with Crippen molar-refractivity contribution in [3.05, 3.63) is 53.6 Å². The molecule has 1 aliphatic carbocycles. The number of aliphatic hydroxyl groups is 1. The number of aliphatic hydroxyl groups excluding tert-OH is 1. The predicted octanol–water partition coefficient (Wildman–Crippen LogP) is 3.32. The zero-order chi connectivity index (χ0) is 25.4. The van der Waals surface area contributed by atoms with E-state index in [0.29, 0.717) is 18.6 Å². The molecule has 2 aromatic rings. The van der Waals surface area contributed by atoms with Crippen LogP contribution in [0.5, 0.6) is 5.75 Å². The summed E-state index contributed by atoms with van der Waals surface area (Å²) in [4.78, 5) is 13.6. The molecular formula is C24H22F3N3O5. The van der Waals surface area contributed by atoms with Crippen LogP contribution in [0.25, 0.3) is 11.1 Å². The smallest absolute Gasteiger partial charge is 0.490 e.